The van der Waals surface area contributed by atoms with Gasteiger partial charge in [0.15, 0.2) is 0 Å². The molecule has 1 aromatic carbocycles. The smallest absolute Gasteiger partial charge is 0.242 e. The second-order valence-corrected chi connectivity index (χ2v) is 6.62. The molecule has 7 heteroatoms. The molecule has 0 saturated heterocycles. The molecule has 0 aliphatic heterocycles. The van der Waals surface area contributed by atoms with Crippen molar-refractivity contribution in [3.8, 4) is 0 Å². The SMILES string of the molecule is CC(C)CNC(=O)CCNS(=O)(=O)c1ccccc1N. The number of carbonyl (C=O) groups excluding carboxylic acids is 1. The van der Waals surface area contributed by atoms with Crippen molar-refractivity contribution < 1.29 is 13.2 Å². The number of benzene rings is 1. The first-order chi connectivity index (χ1) is 9.33. The zero-order chi connectivity index (χ0) is 15.2. The zero-order valence-corrected chi connectivity index (χ0v) is 12.5. The van der Waals surface area contributed by atoms with E-state index in [1.165, 1.54) is 12.1 Å². The molecule has 0 atom stereocenters. The van der Waals surface area contributed by atoms with Gasteiger partial charge in [-0.1, -0.05) is 26.0 Å². The van der Waals surface area contributed by atoms with E-state index in [0.29, 0.717) is 12.5 Å². The van der Waals surface area contributed by atoms with Crippen LogP contribution in [0.15, 0.2) is 29.2 Å². The Balaban J connectivity index is 2.49. The van der Waals surface area contributed by atoms with E-state index in [0.717, 1.165) is 0 Å². The number of sulfonamides is 1. The maximum absolute atomic E-state index is 12.0. The van der Waals surface area contributed by atoms with Crippen molar-refractivity contribution >= 4 is 21.6 Å². The lowest BCUT2D eigenvalue weighted by molar-refractivity contribution is -0.121. The topological polar surface area (TPSA) is 101 Å². The van der Waals surface area contributed by atoms with E-state index in [2.05, 4.69) is 10.0 Å². The molecule has 0 fully saturated rings. The summed E-state index contributed by atoms with van der Waals surface area (Å²) in [5.41, 5.74) is 5.81. The predicted molar refractivity (Wildman–Crippen MR) is 78.5 cm³/mol. The predicted octanol–water partition coefficient (Wildman–Crippen LogP) is 0.709. The minimum atomic E-state index is -3.67. The third kappa shape index (κ3) is 5.18. The first-order valence-corrected chi connectivity index (χ1v) is 7.92. The van der Waals surface area contributed by atoms with Crippen LogP contribution in [0.3, 0.4) is 0 Å². The standard InChI is InChI=1S/C13H21N3O3S/c1-10(2)9-15-13(17)7-8-16-20(18,19)12-6-4-3-5-11(12)14/h3-6,10,16H,7-9,14H2,1-2H3,(H,15,17). The summed E-state index contributed by atoms with van der Waals surface area (Å²) in [6.45, 7) is 4.60. The molecule has 1 aromatic rings. The van der Waals surface area contributed by atoms with Crippen molar-refractivity contribution in [2.75, 3.05) is 18.8 Å². The van der Waals surface area contributed by atoms with Crippen molar-refractivity contribution in [1.29, 1.82) is 0 Å². The highest BCUT2D eigenvalue weighted by Gasteiger charge is 2.16. The number of hydrogen-bond acceptors (Lipinski definition) is 4. The van der Waals surface area contributed by atoms with E-state index < -0.39 is 10.0 Å². The number of nitrogen functional groups attached to an aromatic ring is 1. The van der Waals surface area contributed by atoms with Gasteiger partial charge in [0.05, 0.1) is 5.69 Å². The molecule has 0 radical (unpaired) electrons. The van der Waals surface area contributed by atoms with E-state index in [-0.39, 0.29) is 29.5 Å². The summed E-state index contributed by atoms with van der Waals surface area (Å²) in [7, 11) is -3.67. The van der Waals surface area contributed by atoms with Crippen molar-refractivity contribution in [2.45, 2.75) is 25.2 Å². The van der Waals surface area contributed by atoms with Crippen LogP contribution in [0.5, 0.6) is 0 Å². The van der Waals surface area contributed by atoms with Crippen LogP contribution in [-0.2, 0) is 14.8 Å². The summed E-state index contributed by atoms with van der Waals surface area (Å²) in [4.78, 5) is 11.5. The molecule has 112 valence electrons. The first-order valence-electron chi connectivity index (χ1n) is 6.44. The summed E-state index contributed by atoms with van der Waals surface area (Å²) in [6, 6.07) is 6.20. The van der Waals surface area contributed by atoms with E-state index in [1.54, 1.807) is 12.1 Å². The molecule has 0 aliphatic rings. The molecule has 0 aromatic heterocycles. The summed E-state index contributed by atoms with van der Waals surface area (Å²) in [5, 5.41) is 2.72. The maximum Gasteiger partial charge on any atom is 0.242 e. The highest BCUT2D eigenvalue weighted by molar-refractivity contribution is 7.89. The van der Waals surface area contributed by atoms with Gasteiger partial charge in [0.1, 0.15) is 4.90 Å². The molecule has 0 spiro atoms. The Bertz CT molecular complexity index is 556. The monoisotopic (exact) mass is 299 g/mol. The Kier molecular flexibility index (Phi) is 5.97. The van der Waals surface area contributed by atoms with Gasteiger partial charge in [-0.3, -0.25) is 4.79 Å². The van der Waals surface area contributed by atoms with Gasteiger partial charge in [0.25, 0.3) is 0 Å². The molecule has 1 rings (SSSR count). The first kappa shape index (κ1) is 16.5. The zero-order valence-electron chi connectivity index (χ0n) is 11.7. The van der Waals surface area contributed by atoms with Gasteiger partial charge in [-0.15, -0.1) is 0 Å². The summed E-state index contributed by atoms with van der Waals surface area (Å²) in [5.74, 6) is 0.183. The number of hydrogen-bond donors (Lipinski definition) is 3. The van der Waals surface area contributed by atoms with E-state index in [4.69, 9.17) is 5.73 Å². The van der Waals surface area contributed by atoms with Gasteiger partial charge >= 0.3 is 0 Å². The Morgan fingerprint density at radius 2 is 1.95 bits per heavy atom. The quantitative estimate of drug-likeness (QED) is 0.645. The maximum atomic E-state index is 12.0. The highest BCUT2D eigenvalue weighted by atomic mass is 32.2. The Hall–Kier alpha value is -1.60. The van der Waals surface area contributed by atoms with E-state index in [9.17, 15) is 13.2 Å². The minimum Gasteiger partial charge on any atom is -0.398 e. The second-order valence-electron chi connectivity index (χ2n) is 4.88. The van der Waals surface area contributed by atoms with Crippen LogP contribution < -0.4 is 15.8 Å². The molecular formula is C13H21N3O3S. The van der Waals surface area contributed by atoms with E-state index in [1.807, 2.05) is 13.8 Å². The second kappa shape index (κ2) is 7.25. The van der Waals surface area contributed by atoms with Gasteiger partial charge < -0.3 is 11.1 Å². The van der Waals surface area contributed by atoms with Crippen LogP contribution in [0.1, 0.15) is 20.3 Å². The van der Waals surface area contributed by atoms with Gasteiger partial charge in [-0.25, -0.2) is 13.1 Å². The number of para-hydroxylation sites is 1. The number of carbonyl (C=O) groups is 1. The summed E-state index contributed by atoms with van der Waals surface area (Å²) in [6.07, 6.45) is 0.0959. The van der Waals surface area contributed by atoms with Gasteiger partial charge in [0.2, 0.25) is 15.9 Å². The van der Waals surface area contributed by atoms with Crippen molar-refractivity contribution in [2.24, 2.45) is 5.92 Å². The van der Waals surface area contributed by atoms with E-state index >= 15 is 0 Å². The molecular weight excluding hydrogens is 278 g/mol. The molecule has 0 heterocycles. The summed E-state index contributed by atoms with van der Waals surface area (Å²) >= 11 is 0. The molecule has 0 aliphatic carbocycles. The van der Waals surface area contributed by atoms with Crippen LogP contribution in [-0.4, -0.2) is 27.4 Å². The van der Waals surface area contributed by atoms with Crippen molar-refractivity contribution in [1.82, 2.24) is 10.0 Å². The van der Waals surface area contributed by atoms with Crippen LogP contribution in [0.25, 0.3) is 0 Å². The molecule has 4 N–H and O–H groups in total. The van der Waals surface area contributed by atoms with Gasteiger partial charge in [-0.05, 0) is 18.1 Å². The highest BCUT2D eigenvalue weighted by Crippen LogP contribution is 2.16. The third-order valence-electron chi connectivity index (χ3n) is 2.56. The number of nitrogens with two attached hydrogens (primary N) is 1. The van der Waals surface area contributed by atoms with Crippen LogP contribution in [0.4, 0.5) is 5.69 Å². The van der Waals surface area contributed by atoms with Gasteiger partial charge in [-0.2, -0.15) is 0 Å². The number of amides is 1. The number of anilines is 1. The molecule has 20 heavy (non-hydrogen) atoms. The Morgan fingerprint density at radius 3 is 2.55 bits per heavy atom. The lowest BCUT2D eigenvalue weighted by atomic mass is 10.2. The fraction of sp³-hybridized carbons (Fsp3) is 0.462. The van der Waals surface area contributed by atoms with Crippen LogP contribution in [0.2, 0.25) is 0 Å². The minimum absolute atomic E-state index is 0.0302. The number of nitrogens with one attached hydrogen (secondary N) is 2. The molecule has 0 saturated carbocycles. The molecule has 6 nitrogen and oxygen atoms in total. The Morgan fingerprint density at radius 1 is 1.30 bits per heavy atom. The fourth-order valence-corrected chi connectivity index (χ4v) is 2.67. The van der Waals surface area contributed by atoms with Crippen molar-refractivity contribution in [3.63, 3.8) is 0 Å². The van der Waals surface area contributed by atoms with Gasteiger partial charge in [0, 0.05) is 19.5 Å². The van der Waals surface area contributed by atoms with Crippen LogP contribution >= 0.6 is 0 Å². The Labute approximate surface area is 119 Å². The average molecular weight is 299 g/mol. The fourth-order valence-electron chi connectivity index (χ4n) is 1.51. The lowest BCUT2D eigenvalue weighted by Crippen LogP contribution is -2.32. The van der Waals surface area contributed by atoms with Crippen LogP contribution in [0, 0.1) is 5.92 Å². The molecule has 0 bridgehead atoms. The third-order valence-corrected chi connectivity index (χ3v) is 4.10. The number of rotatable bonds is 7. The summed E-state index contributed by atoms with van der Waals surface area (Å²) < 4.78 is 26.3. The molecule has 0 unspecified atom stereocenters. The lowest BCUT2D eigenvalue weighted by Gasteiger charge is -2.10. The largest absolute Gasteiger partial charge is 0.398 e. The van der Waals surface area contributed by atoms with Crippen molar-refractivity contribution in [3.05, 3.63) is 24.3 Å². The molecule has 1 amide bonds. The average Bonchev–Trinajstić information content (AvgIpc) is 2.36. The normalized spacial score (nSPS) is 11.6.